The van der Waals surface area contributed by atoms with Crippen LogP contribution >= 0.6 is 11.6 Å². The molecular formula is C27H26ClF4N3O4S. The highest BCUT2D eigenvalue weighted by Crippen LogP contribution is 2.36. The zero-order valence-electron chi connectivity index (χ0n) is 21.5. The smallest absolute Gasteiger partial charge is 0.357 e. The number of alkyl halides is 3. The van der Waals surface area contributed by atoms with Gasteiger partial charge < -0.3 is 10.2 Å². The summed E-state index contributed by atoms with van der Waals surface area (Å²) < 4.78 is 80.8. The molecule has 7 nitrogen and oxygen atoms in total. The lowest BCUT2D eigenvalue weighted by atomic mass is 10.0. The number of carbonyl (C=O) groups is 2. The number of carbonyl (C=O) groups excluding carboxylic acids is 2. The molecule has 0 saturated heterocycles. The fourth-order valence-electron chi connectivity index (χ4n) is 4.01. The lowest BCUT2D eigenvalue weighted by Gasteiger charge is -2.33. The molecule has 0 spiro atoms. The number of benzene rings is 3. The average Bonchev–Trinajstić information content (AvgIpc) is 2.89. The molecule has 214 valence electrons. The highest BCUT2D eigenvalue weighted by atomic mass is 35.5. The van der Waals surface area contributed by atoms with Crippen molar-refractivity contribution in [1.82, 2.24) is 10.2 Å². The van der Waals surface area contributed by atoms with Crippen LogP contribution in [0.5, 0.6) is 0 Å². The number of rotatable bonds is 10. The van der Waals surface area contributed by atoms with Gasteiger partial charge in [0, 0.05) is 25.6 Å². The van der Waals surface area contributed by atoms with E-state index in [0.29, 0.717) is 28.3 Å². The molecule has 0 unspecified atom stereocenters. The van der Waals surface area contributed by atoms with Crippen molar-refractivity contribution in [3.63, 3.8) is 0 Å². The Morgan fingerprint density at radius 2 is 1.62 bits per heavy atom. The number of nitrogens with zero attached hydrogens (tertiary/aromatic N) is 2. The van der Waals surface area contributed by atoms with Gasteiger partial charge in [-0.3, -0.25) is 13.9 Å². The second-order valence-corrected chi connectivity index (χ2v) is 11.2. The van der Waals surface area contributed by atoms with Crippen LogP contribution in [-0.2, 0) is 38.8 Å². The number of sulfonamides is 1. The van der Waals surface area contributed by atoms with Crippen molar-refractivity contribution in [3.8, 4) is 0 Å². The van der Waals surface area contributed by atoms with Gasteiger partial charge in [-0.15, -0.1) is 0 Å². The number of nitrogens with one attached hydrogen (secondary N) is 1. The van der Waals surface area contributed by atoms with Crippen LogP contribution in [0.2, 0.25) is 5.02 Å². The predicted molar refractivity (Wildman–Crippen MR) is 144 cm³/mol. The van der Waals surface area contributed by atoms with Crippen LogP contribution in [-0.4, -0.2) is 51.0 Å². The highest BCUT2D eigenvalue weighted by molar-refractivity contribution is 7.92. The quantitative estimate of drug-likeness (QED) is 0.344. The normalized spacial score (nSPS) is 12.5. The zero-order chi connectivity index (χ0) is 29.7. The summed E-state index contributed by atoms with van der Waals surface area (Å²) in [5.41, 5.74) is -1.05. The number of amides is 2. The molecule has 0 fully saturated rings. The van der Waals surface area contributed by atoms with E-state index in [9.17, 15) is 35.6 Å². The Morgan fingerprint density at radius 3 is 2.20 bits per heavy atom. The molecule has 0 aliphatic carbocycles. The topological polar surface area (TPSA) is 86.8 Å². The fourth-order valence-corrected chi connectivity index (χ4v) is 5.13. The Kier molecular flexibility index (Phi) is 9.80. The average molecular weight is 600 g/mol. The fraction of sp³-hybridized carbons (Fsp3) is 0.259. The first kappa shape index (κ1) is 30.9. The van der Waals surface area contributed by atoms with Gasteiger partial charge in [-0.2, -0.15) is 13.2 Å². The molecule has 0 bridgehead atoms. The summed E-state index contributed by atoms with van der Waals surface area (Å²) in [4.78, 5) is 27.8. The van der Waals surface area contributed by atoms with Gasteiger partial charge in [0.05, 0.1) is 22.5 Å². The molecule has 0 aromatic heterocycles. The van der Waals surface area contributed by atoms with Crippen LogP contribution in [0, 0.1) is 5.82 Å². The van der Waals surface area contributed by atoms with Crippen molar-refractivity contribution in [1.29, 1.82) is 0 Å². The maximum atomic E-state index is 14.6. The third kappa shape index (κ3) is 7.72. The molecule has 0 radical (unpaired) electrons. The molecule has 0 aliphatic heterocycles. The van der Waals surface area contributed by atoms with Crippen molar-refractivity contribution in [2.75, 3.05) is 24.2 Å². The number of hydrogen-bond donors (Lipinski definition) is 1. The van der Waals surface area contributed by atoms with Gasteiger partial charge in [0.1, 0.15) is 18.4 Å². The van der Waals surface area contributed by atoms with E-state index in [2.05, 4.69) is 5.32 Å². The minimum atomic E-state index is -4.82. The lowest BCUT2D eigenvalue weighted by Crippen LogP contribution is -2.53. The van der Waals surface area contributed by atoms with E-state index >= 15 is 0 Å². The Bertz CT molecular complexity index is 1470. The molecule has 2 amide bonds. The van der Waals surface area contributed by atoms with Gasteiger partial charge in [0.2, 0.25) is 21.8 Å². The lowest BCUT2D eigenvalue weighted by molar-refractivity contribution is -0.139. The van der Waals surface area contributed by atoms with Crippen molar-refractivity contribution in [3.05, 3.63) is 100 Å². The van der Waals surface area contributed by atoms with Gasteiger partial charge in [-0.25, -0.2) is 12.8 Å². The van der Waals surface area contributed by atoms with Gasteiger partial charge in [-0.1, -0.05) is 60.1 Å². The summed E-state index contributed by atoms with van der Waals surface area (Å²) >= 11 is 6.09. The summed E-state index contributed by atoms with van der Waals surface area (Å²) in [5, 5.41) is 2.12. The van der Waals surface area contributed by atoms with Gasteiger partial charge in [-0.05, 0) is 29.8 Å². The summed E-state index contributed by atoms with van der Waals surface area (Å²) in [5.74, 6) is -2.25. The van der Waals surface area contributed by atoms with Crippen LogP contribution in [0.25, 0.3) is 0 Å². The van der Waals surface area contributed by atoms with Gasteiger partial charge in [0.15, 0.2) is 0 Å². The van der Waals surface area contributed by atoms with Crippen LogP contribution < -0.4 is 9.62 Å². The minimum Gasteiger partial charge on any atom is -0.357 e. The van der Waals surface area contributed by atoms with E-state index in [4.69, 9.17) is 11.6 Å². The SMILES string of the molecule is CNC(=O)[C@H](Cc1ccccc1)N(Cc1ccccc1F)C(=O)CN(c1cc(C(F)(F)F)ccc1Cl)S(C)(=O)=O. The maximum Gasteiger partial charge on any atom is 0.416 e. The molecule has 1 N–H and O–H groups in total. The van der Waals surface area contributed by atoms with E-state index < -0.39 is 64.2 Å². The molecule has 0 aliphatic rings. The summed E-state index contributed by atoms with van der Waals surface area (Å²) in [7, 11) is -3.02. The van der Waals surface area contributed by atoms with E-state index in [0.717, 1.165) is 17.0 Å². The molecule has 0 heterocycles. The van der Waals surface area contributed by atoms with Gasteiger partial charge >= 0.3 is 6.18 Å². The zero-order valence-corrected chi connectivity index (χ0v) is 23.0. The monoisotopic (exact) mass is 599 g/mol. The molecule has 13 heteroatoms. The first-order chi connectivity index (χ1) is 18.7. The van der Waals surface area contributed by atoms with Crippen molar-refractivity contribution >= 4 is 39.1 Å². The molecule has 0 saturated carbocycles. The molecule has 3 aromatic rings. The Morgan fingerprint density at radius 1 is 1.00 bits per heavy atom. The third-order valence-electron chi connectivity index (χ3n) is 6.04. The number of halogens is 5. The first-order valence-electron chi connectivity index (χ1n) is 11.8. The Hall–Kier alpha value is -3.64. The van der Waals surface area contributed by atoms with E-state index in [-0.39, 0.29) is 17.0 Å². The van der Waals surface area contributed by atoms with Crippen LogP contribution in [0.1, 0.15) is 16.7 Å². The standard InChI is InChI=1S/C27H26ClF4N3O4S/c1-33-26(37)24(14-18-8-4-3-5-9-18)34(16-19-10-6-7-11-22(19)29)25(36)17-35(40(2,38)39)23-15-20(27(30,31)32)12-13-21(23)28/h3-13,15,24H,14,16-17H2,1-2H3,(H,33,37)/t24-/m0/s1. The van der Waals surface area contributed by atoms with Crippen LogP contribution in [0.3, 0.4) is 0 Å². The Labute approximate surface area is 234 Å². The van der Waals surface area contributed by atoms with E-state index in [1.54, 1.807) is 30.3 Å². The van der Waals surface area contributed by atoms with E-state index in [1.807, 2.05) is 0 Å². The third-order valence-corrected chi connectivity index (χ3v) is 7.48. The van der Waals surface area contributed by atoms with Crippen molar-refractivity contribution in [2.24, 2.45) is 0 Å². The summed E-state index contributed by atoms with van der Waals surface area (Å²) in [6.45, 7) is -1.43. The van der Waals surface area contributed by atoms with Crippen LogP contribution in [0.15, 0.2) is 72.8 Å². The van der Waals surface area contributed by atoms with Crippen molar-refractivity contribution < 1.29 is 35.6 Å². The summed E-state index contributed by atoms with van der Waals surface area (Å²) in [6, 6.07) is 15.0. The first-order valence-corrected chi connectivity index (χ1v) is 14.1. The molecule has 3 aromatic carbocycles. The number of hydrogen-bond acceptors (Lipinski definition) is 4. The molecule has 40 heavy (non-hydrogen) atoms. The van der Waals surface area contributed by atoms with Crippen LogP contribution in [0.4, 0.5) is 23.2 Å². The maximum absolute atomic E-state index is 14.6. The highest BCUT2D eigenvalue weighted by Gasteiger charge is 2.35. The molecule has 1 atom stereocenters. The molecule has 3 rings (SSSR count). The second kappa shape index (κ2) is 12.7. The van der Waals surface area contributed by atoms with E-state index in [1.165, 1.54) is 25.2 Å². The summed E-state index contributed by atoms with van der Waals surface area (Å²) in [6.07, 6.45) is -4.12. The Balaban J connectivity index is 2.10. The largest absolute Gasteiger partial charge is 0.416 e. The van der Waals surface area contributed by atoms with Crippen molar-refractivity contribution in [2.45, 2.75) is 25.2 Å². The molecular weight excluding hydrogens is 574 g/mol. The minimum absolute atomic E-state index is 0.0100. The second-order valence-electron chi connectivity index (χ2n) is 8.87. The number of likely N-dealkylation sites (N-methyl/N-ethyl adjacent to an activating group) is 1. The predicted octanol–water partition coefficient (Wildman–Crippen LogP) is 4.65. The van der Waals surface area contributed by atoms with Gasteiger partial charge in [0.25, 0.3) is 0 Å². The number of anilines is 1.